The lowest BCUT2D eigenvalue weighted by Gasteiger charge is -2.34. The van der Waals surface area contributed by atoms with Crippen molar-refractivity contribution in [3.8, 4) is 0 Å². The molecule has 0 saturated carbocycles. The summed E-state index contributed by atoms with van der Waals surface area (Å²) in [6, 6.07) is 5.93. The fourth-order valence-electron chi connectivity index (χ4n) is 2.25. The molecule has 4 nitrogen and oxygen atoms in total. The van der Waals surface area contributed by atoms with Crippen molar-refractivity contribution in [1.29, 1.82) is 0 Å². The van der Waals surface area contributed by atoms with Crippen LogP contribution in [0.2, 0.25) is 0 Å². The molecule has 1 saturated heterocycles. The van der Waals surface area contributed by atoms with Crippen molar-refractivity contribution in [3.05, 3.63) is 29.3 Å². The van der Waals surface area contributed by atoms with E-state index < -0.39 is 0 Å². The van der Waals surface area contributed by atoms with Crippen LogP contribution < -0.4 is 4.90 Å². The number of carbonyl (C=O) groups excluding carboxylic acids is 1. The zero-order valence-corrected chi connectivity index (χ0v) is 11.3. The number of likely N-dealkylation sites (N-methyl/N-ethyl adjacent to an activating group) is 1. The summed E-state index contributed by atoms with van der Waals surface area (Å²) in [7, 11) is 3.55. The van der Waals surface area contributed by atoms with Gasteiger partial charge in [0.25, 0.3) is 0 Å². The Morgan fingerprint density at radius 3 is 2.44 bits per heavy atom. The first-order valence-electron chi connectivity index (χ1n) is 6.24. The van der Waals surface area contributed by atoms with Gasteiger partial charge in [0.2, 0.25) is 0 Å². The predicted octanol–water partition coefficient (Wildman–Crippen LogP) is 1.53. The van der Waals surface area contributed by atoms with Crippen LogP contribution in [-0.4, -0.2) is 51.2 Å². The number of aryl methyl sites for hydroxylation is 1. The molecule has 1 aliphatic heterocycles. The minimum Gasteiger partial charge on any atom is -0.465 e. The predicted molar refractivity (Wildman–Crippen MR) is 72.2 cm³/mol. The number of benzene rings is 1. The third-order valence-electron chi connectivity index (χ3n) is 3.48. The van der Waals surface area contributed by atoms with Gasteiger partial charge >= 0.3 is 5.97 Å². The van der Waals surface area contributed by atoms with Gasteiger partial charge in [-0.3, -0.25) is 0 Å². The summed E-state index contributed by atoms with van der Waals surface area (Å²) in [5.74, 6) is -0.266. The number of piperazine rings is 1. The fourth-order valence-corrected chi connectivity index (χ4v) is 2.25. The van der Waals surface area contributed by atoms with Gasteiger partial charge < -0.3 is 14.5 Å². The number of methoxy groups -OCH3 is 1. The lowest BCUT2D eigenvalue weighted by atomic mass is 10.1. The van der Waals surface area contributed by atoms with Gasteiger partial charge in [0.15, 0.2) is 0 Å². The highest BCUT2D eigenvalue weighted by atomic mass is 16.5. The Bertz CT molecular complexity index is 437. The number of anilines is 1. The Balaban J connectivity index is 2.16. The van der Waals surface area contributed by atoms with E-state index in [9.17, 15) is 4.79 Å². The molecule has 98 valence electrons. The number of hydrogen-bond donors (Lipinski definition) is 0. The van der Waals surface area contributed by atoms with Crippen LogP contribution >= 0.6 is 0 Å². The number of ether oxygens (including phenoxy) is 1. The molecule has 18 heavy (non-hydrogen) atoms. The van der Waals surface area contributed by atoms with E-state index in [1.54, 1.807) is 0 Å². The van der Waals surface area contributed by atoms with E-state index in [0.717, 1.165) is 31.7 Å². The molecule has 1 aromatic rings. The van der Waals surface area contributed by atoms with Crippen LogP contribution in [0.3, 0.4) is 0 Å². The van der Waals surface area contributed by atoms with Gasteiger partial charge in [-0.15, -0.1) is 0 Å². The second-order valence-corrected chi connectivity index (χ2v) is 4.78. The number of esters is 1. The Morgan fingerprint density at radius 2 is 1.89 bits per heavy atom. The van der Waals surface area contributed by atoms with Crippen LogP contribution in [0.5, 0.6) is 0 Å². The maximum atomic E-state index is 11.5. The highest BCUT2D eigenvalue weighted by Gasteiger charge is 2.16. The number of hydrogen-bond acceptors (Lipinski definition) is 4. The molecule has 1 aromatic carbocycles. The van der Waals surface area contributed by atoms with Crippen LogP contribution in [0.1, 0.15) is 15.9 Å². The van der Waals surface area contributed by atoms with Crippen LogP contribution in [0.4, 0.5) is 5.69 Å². The van der Waals surface area contributed by atoms with Gasteiger partial charge in [0.05, 0.1) is 12.7 Å². The molecule has 0 unspecified atom stereocenters. The van der Waals surface area contributed by atoms with E-state index >= 15 is 0 Å². The second-order valence-electron chi connectivity index (χ2n) is 4.78. The number of carbonyl (C=O) groups is 1. The van der Waals surface area contributed by atoms with Crippen molar-refractivity contribution in [3.63, 3.8) is 0 Å². The van der Waals surface area contributed by atoms with Crippen LogP contribution in [0, 0.1) is 6.92 Å². The first-order chi connectivity index (χ1) is 8.61. The minimum absolute atomic E-state index is 0.266. The summed E-state index contributed by atoms with van der Waals surface area (Å²) >= 11 is 0. The summed E-state index contributed by atoms with van der Waals surface area (Å²) < 4.78 is 4.76. The number of rotatable bonds is 2. The molecule has 0 aliphatic carbocycles. The molecule has 2 rings (SSSR count). The van der Waals surface area contributed by atoms with Crippen molar-refractivity contribution in [2.75, 3.05) is 45.2 Å². The quantitative estimate of drug-likeness (QED) is 0.743. The molecule has 0 radical (unpaired) electrons. The van der Waals surface area contributed by atoms with Gasteiger partial charge in [-0.1, -0.05) is 0 Å². The van der Waals surface area contributed by atoms with Gasteiger partial charge in [-0.05, 0) is 37.7 Å². The maximum absolute atomic E-state index is 11.5. The summed E-state index contributed by atoms with van der Waals surface area (Å²) in [6.07, 6.45) is 0. The third kappa shape index (κ3) is 2.64. The lowest BCUT2D eigenvalue weighted by molar-refractivity contribution is 0.0600. The molecule has 0 aromatic heterocycles. The monoisotopic (exact) mass is 248 g/mol. The largest absolute Gasteiger partial charge is 0.465 e. The van der Waals surface area contributed by atoms with E-state index in [0.29, 0.717) is 5.56 Å². The highest BCUT2D eigenvalue weighted by molar-refractivity contribution is 5.91. The normalized spacial score (nSPS) is 16.7. The summed E-state index contributed by atoms with van der Waals surface area (Å²) in [5.41, 5.74) is 2.81. The molecule has 1 heterocycles. The first-order valence-corrected chi connectivity index (χ1v) is 6.24. The summed E-state index contributed by atoms with van der Waals surface area (Å²) in [6.45, 7) is 6.18. The SMILES string of the molecule is COC(=O)c1ccc(N2CCN(C)CC2)cc1C. The van der Waals surface area contributed by atoms with E-state index in [2.05, 4.69) is 22.9 Å². The van der Waals surface area contributed by atoms with Crippen molar-refractivity contribution < 1.29 is 9.53 Å². The van der Waals surface area contributed by atoms with Crippen molar-refractivity contribution in [2.24, 2.45) is 0 Å². The number of nitrogens with zero attached hydrogens (tertiary/aromatic N) is 2. The van der Waals surface area contributed by atoms with E-state index in [1.807, 2.05) is 19.1 Å². The van der Waals surface area contributed by atoms with Gasteiger partial charge in [-0.2, -0.15) is 0 Å². The third-order valence-corrected chi connectivity index (χ3v) is 3.48. The zero-order valence-electron chi connectivity index (χ0n) is 11.3. The molecule has 0 amide bonds. The Kier molecular flexibility index (Phi) is 3.87. The summed E-state index contributed by atoms with van der Waals surface area (Å²) in [5, 5.41) is 0. The average Bonchev–Trinajstić information content (AvgIpc) is 2.38. The smallest absolute Gasteiger partial charge is 0.338 e. The van der Waals surface area contributed by atoms with Crippen LogP contribution in [0.25, 0.3) is 0 Å². The Hall–Kier alpha value is -1.55. The van der Waals surface area contributed by atoms with Gasteiger partial charge in [0, 0.05) is 31.9 Å². The van der Waals surface area contributed by atoms with Gasteiger partial charge in [-0.25, -0.2) is 4.79 Å². The first kappa shape index (κ1) is 12.9. The van der Waals surface area contributed by atoms with Crippen LogP contribution in [0.15, 0.2) is 18.2 Å². The standard InChI is InChI=1S/C14H20N2O2/c1-11-10-12(4-5-13(11)14(17)18-3)16-8-6-15(2)7-9-16/h4-5,10H,6-9H2,1-3H3. The minimum atomic E-state index is -0.266. The van der Waals surface area contributed by atoms with Crippen molar-refractivity contribution >= 4 is 11.7 Å². The molecular weight excluding hydrogens is 228 g/mol. The molecule has 1 fully saturated rings. The maximum Gasteiger partial charge on any atom is 0.338 e. The van der Waals surface area contributed by atoms with Gasteiger partial charge in [0.1, 0.15) is 0 Å². The molecular formula is C14H20N2O2. The molecule has 0 bridgehead atoms. The Labute approximate surface area is 108 Å². The Morgan fingerprint density at radius 1 is 1.22 bits per heavy atom. The second kappa shape index (κ2) is 5.40. The molecule has 4 heteroatoms. The van der Waals surface area contributed by atoms with Crippen molar-refractivity contribution in [1.82, 2.24) is 4.90 Å². The molecule has 0 N–H and O–H groups in total. The summed E-state index contributed by atoms with van der Waals surface area (Å²) in [4.78, 5) is 16.2. The van der Waals surface area contributed by atoms with E-state index in [-0.39, 0.29) is 5.97 Å². The highest BCUT2D eigenvalue weighted by Crippen LogP contribution is 2.21. The lowest BCUT2D eigenvalue weighted by Crippen LogP contribution is -2.44. The molecule has 0 atom stereocenters. The van der Waals surface area contributed by atoms with E-state index in [4.69, 9.17) is 4.74 Å². The van der Waals surface area contributed by atoms with Crippen molar-refractivity contribution in [2.45, 2.75) is 6.92 Å². The average molecular weight is 248 g/mol. The van der Waals surface area contributed by atoms with Crippen LogP contribution in [-0.2, 0) is 4.74 Å². The topological polar surface area (TPSA) is 32.8 Å². The van der Waals surface area contributed by atoms with E-state index in [1.165, 1.54) is 12.8 Å². The zero-order chi connectivity index (χ0) is 13.1. The fraction of sp³-hybridized carbons (Fsp3) is 0.500. The molecule has 0 spiro atoms. The molecule has 1 aliphatic rings.